The number of aliphatic hydroxyl groups is 1. The summed E-state index contributed by atoms with van der Waals surface area (Å²) in [7, 11) is 0. The van der Waals surface area contributed by atoms with Crippen LogP contribution in [-0.4, -0.2) is 21.2 Å². The predicted molar refractivity (Wildman–Crippen MR) is 67.6 cm³/mol. The van der Waals surface area contributed by atoms with E-state index >= 15 is 0 Å². The molecule has 0 bridgehead atoms. The molecule has 3 heteroatoms. The summed E-state index contributed by atoms with van der Waals surface area (Å²) in [4.78, 5) is 8.62. The molecule has 0 spiro atoms. The normalized spacial score (nSPS) is 12.4. The Bertz CT molecular complexity index is 509. The summed E-state index contributed by atoms with van der Waals surface area (Å²) in [5.41, 5.74) is 3.97. The van der Waals surface area contributed by atoms with Crippen LogP contribution < -0.4 is 0 Å². The molecule has 3 nitrogen and oxygen atoms in total. The first-order chi connectivity index (χ1) is 8.15. The maximum Gasteiger partial charge on any atom is 0.0888 e. The zero-order chi connectivity index (χ0) is 12.3. The number of nitrogens with zero attached hydrogens (tertiary/aromatic N) is 2. The first-order valence-electron chi connectivity index (χ1n) is 5.71. The maximum atomic E-state index is 9.38. The van der Waals surface area contributed by atoms with Crippen molar-refractivity contribution in [1.82, 2.24) is 9.97 Å². The van der Waals surface area contributed by atoms with Crippen LogP contribution in [0.3, 0.4) is 0 Å². The molecular formula is C14H16N2O. The Morgan fingerprint density at radius 1 is 1.12 bits per heavy atom. The van der Waals surface area contributed by atoms with Gasteiger partial charge >= 0.3 is 0 Å². The van der Waals surface area contributed by atoms with Gasteiger partial charge in [-0.15, -0.1) is 0 Å². The first kappa shape index (κ1) is 11.7. The van der Waals surface area contributed by atoms with Gasteiger partial charge in [-0.1, -0.05) is 0 Å². The highest BCUT2D eigenvalue weighted by molar-refractivity contribution is 5.55. The number of hydrogen-bond acceptors (Lipinski definition) is 3. The second-order valence-electron chi connectivity index (χ2n) is 4.32. The van der Waals surface area contributed by atoms with Gasteiger partial charge in [-0.25, -0.2) is 0 Å². The number of aliphatic hydroxyl groups excluding tert-OH is 1. The van der Waals surface area contributed by atoms with E-state index in [1.165, 1.54) is 0 Å². The molecule has 1 unspecified atom stereocenters. The van der Waals surface area contributed by atoms with Gasteiger partial charge in [-0.05, 0) is 55.7 Å². The predicted octanol–water partition coefficient (Wildman–Crippen LogP) is 2.38. The van der Waals surface area contributed by atoms with Crippen LogP contribution in [0.4, 0.5) is 0 Å². The summed E-state index contributed by atoms with van der Waals surface area (Å²) < 4.78 is 0. The molecule has 1 atom stereocenters. The average molecular weight is 228 g/mol. The van der Waals surface area contributed by atoms with Crippen molar-refractivity contribution in [3.05, 3.63) is 47.8 Å². The Morgan fingerprint density at radius 3 is 2.41 bits per heavy atom. The second-order valence-corrected chi connectivity index (χ2v) is 4.32. The molecule has 1 N–H and O–H groups in total. The van der Waals surface area contributed by atoms with Gasteiger partial charge in [0.1, 0.15) is 0 Å². The van der Waals surface area contributed by atoms with Crippen LogP contribution in [0.1, 0.15) is 18.1 Å². The fourth-order valence-corrected chi connectivity index (χ4v) is 1.76. The zero-order valence-corrected chi connectivity index (χ0v) is 10.1. The summed E-state index contributed by atoms with van der Waals surface area (Å²) in [5.74, 6) is 0. The van der Waals surface area contributed by atoms with Gasteiger partial charge in [0.25, 0.3) is 0 Å². The lowest BCUT2D eigenvalue weighted by molar-refractivity contribution is 0.195. The van der Waals surface area contributed by atoms with E-state index in [1.54, 1.807) is 19.3 Å². The van der Waals surface area contributed by atoms with Crippen LogP contribution in [-0.2, 0) is 6.42 Å². The third-order valence-electron chi connectivity index (χ3n) is 2.53. The number of hydrogen-bond donors (Lipinski definition) is 1. The van der Waals surface area contributed by atoms with Gasteiger partial charge in [0, 0.05) is 12.4 Å². The zero-order valence-electron chi connectivity index (χ0n) is 10.1. The monoisotopic (exact) mass is 228 g/mol. The summed E-state index contributed by atoms with van der Waals surface area (Å²) in [6.45, 7) is 3.82. The molecule has 0 aliphatic carbocycles. The van der Waals surface area contributed by atoms with E-state index in [0.717, 1.165) is 22.5 Å². The quantitative estimate of drug-likeness (QED) is 0.877. The van der Waals surface area contributed by atoms with E-state index in [0.29, 0.717) is 6.42 Å². The molecule has 0 aromatic carbocycles. The molecule has 0 amide bonds. The largest absolute Gasteiger partial charge is 0.393 e. The van der Waals surface area contributed by atoms with E-state index < -0.39 is 0 Å². The lowest BCUT2D eigenvalue weighted by atomic mass is 10.1. The molecule has 2 aromatic heterocycles. The molecule has 2 rings (SSSR count). The summed E-state index contributed by atoms with van der Waals surface area (Å²) in [5, 5.41) is 9.38. The van der Waals surface area contributed by atoms with Gasteiger partial charge in [-0.2, -0.15) is 0 Å². The van der Waals surface area contributed by atoms with Crippen molar-refractivity contribution in [3.8, 4) is 11.4 Å². The third kappa shape index (κ3) is 3.11. The molecule has 2 aromatic rings. The molecule has 0 aliphatic rings. The number of pyridine rings is 2. The van der Waals surface area contributed by atoms with Crippen LogP contribution in [0.25, 0.3) is 11.4 Å². The van der Waals surface area contributed by atoms with Gasteiger partial charge in [0.2, 0.25) is 0 Å². The van der Waals surface area contributed by atoms with E-state index in [4.69, 9.17) is 0 Å². The third-order valence-corrected chi connectivity index (χ3v) is 2.53. The van der Waals surface area contributed by atoms with Gasteiger partial charge in [0.15, 0.2) is 0 Å². The van der Waals surface area contributed by atoms with E-state index in [1.807, 2.05) is 31.2 Å². The Labute approximate surface area is 101 Å². The molecule has 0 saturated heterocycles. The van der Waals surface area contributed by atoms with Crippen LogP contribution in [0, 0.1) is 6.92 Å². The molecule has 88 valence electrons. The van der Waals surface area contributed by atoms with Crippen molar-refractivity contribution in [2.24, 2.45) is 0 Å². The van der Waals surface area contributed by atoms with E-state index in [-0.39, 0.29) is 6.10 Å². The molecule has 0 saturated carbocycles. The first-order valence-corrected chi connectivity index (χ1v) is 5.71. The SMILES string of the molecule is Cc1ccnc(-c2cc(CC(C)O)ccn2)c1. The van der Waals surface area contributed by atoms with Crippen molar-refractivity contribution < 1.29 is 5.11 Å². The standard InChI is InChI=1S/C14H16N2O/c1-10-3-5-15-13(7-10)14-9-12(4-6-16-14)8-11(2)17/h3-7,9,11,17H,8H2,1-2H3. The maximum absolute atomic E-state index is 9.38. The topological polar surface area (TPSA) is 46.0 Å². The van der Waals surface area contributed by atoms with E-state index in [9.17, 15) is 5.11 Å². The minimum atomic E-state index is -0.337. The minimum absolute atomic E-state index is 0.337. The summed E-state index contributed by atoms with van der Waals surface area (Å²) in [6.07, 6.45) is 3.85. The second kappa shape index (κ2) is 5.06. The summed E-state index contributed by atoms with van der Waals surface area (Å²) >= 11 is 0. The summed E-state index contributed by atoms with van der Waals surface area (Å²) in [6, 6.07) is 7.87. The van der Waals surface area contributed by atoms with Crippen molar-refractivity contribution in [2.45, 2.75) is 26.4 Å². The van der Waals surface area contributed by atoms with Crippen molar-refractivity contribution in [3.63, 3.8) is 0 Å². The molecule has 2 heterocycles. The van der Waals surface area contributed by atoms with Gasteiger partial charge in [-0.3, -0.25) is 9.97 Å². The number of rotatable bonds is 3. The van der Waals surface area contributed by atoms with Crippen LogP contribution >= 0.6 is 0 Å². The number of aromatic nitrogens is 2. The molecular weight excluding hydrogens is 212 g/mol. The number of aryl methyl sites for hydroxylation is 1. The smallest absolute Gasteiger partial charge is 0.0888 e. The Morgan fingerprint density at radius 2 is 1.76 bits per heavy atom. The van der Waals surface area contributed by atoms with Crippen molar-refractivity contribution >= 4 is 0 Å². The van der Waals surface area contributed by atoms with Gasteiger partial charge in [0.05, 0.1) is 17.5 Å². The van der Waals surface area contributed by atoms with Crippen molar-refractivity contribution in [1.29, 1.82) is 0 Å². The Hall–Kier alpha value is -1.74. The molecule has 17 heavy (non-hydrogen) atoms. The van der Waals surface area contributed by atoms with Crippen LogP contribution in [0.2, 0.25) is 0 Å². The highest BCUT2D eigenvalue weighted by Crippen LogP contribution is 2.17. The fourth-order valence-electron chi connectivity index (χ4n) is 1.76. The molecule has 0 aliphatic heterocycles. The molecule has 0 fully saturated rings. The fraction of sp³-hybridized carbons (Fsp3) is 0.286. The Balaban J connectivity index is 2.33. The van der Waals surface area contributed by atoms with Crippen LogP contribution in [0.5, 0.6) is 0 Å². The minimum Gasteiger partial charge on any atom is -0.393 e. The highest BCUT2D eigenvalue weighted by atomic mass is 16.3. The van der Waals surface area contributed by atoms with Crippen molar-refractivity contribution in [2.75, 3.05) is 0 Å². The average Bonchev–Trinajstić information content (AvgIpc) is 2.28. The highest BCUT2D eigenvalue weighted by Gasteiger charge is 2.04. The van der Waals surface area contributed by atoms with Crippen LogP contribution in [0.15, 0.2) is 36.7 Å². The van der Waals surface area contributed by atoms with E-state index in [2.05, 4.69) is 9.97 Å². The van der Waals surface area contributed by atoms with Gasteiger partial charge < -0.3 is 5.11 Å². The lowest BCUT2D eigenvalue weighted by Crippen LogP contribution is -2.04. The lowest BCUT2D eigenvalue weighted by Gasteiger charge is -2.06. The Kier molecular flexibility index (Phi) is 3.49. The molecule has 0 radical (unpaired) electrons.